The summed E-state index contributed by atoms with van der Waals surface area (Å²) in [5.41, 5.74) is 1.06. The molecule has 0 fully saturated rings. The Morgan fingerprint density at radius 1 is 0.362 bits per heavy atom. The van der Waals surface area contributed by atoms with E-state index in [0.717, 1.165) is 47.7 Å². The molecule has 0 aliphatic carbocycles. The summed E-state index contributed by atoms with van der Waals surface area (Å²) >= 11 is 1.43. The normalized spacial score (nSPS) is 14.3. The monoisotopic (exact) mass is 767 g/mol. The van der Waals surface area contributed by atoms with Crippen LogP contribution in [0.4, 0.5) is 17.1 Å². The van der Waals surface area contributed by atoms with Crippen LogP contribution in [-0.4, -0.2) is 0 Å². The zero-order chi connectivity index (χ0) is 48.9. The summed E-state index contributed by atoms with van der Waals surface area (Å²) in [6.45, 7) is 0. The molecule has 11 rings (SSSR count). The van der Waals surface area contributed by atoms with Crippen molar-refractivity contribution in [1.82, 2.24) is 0 Å². The van der Waals surface area contributed by atoms with Gasteiger partial charge in [-0.15, -0.1) is 11.3 Å². The molecule has 0 aliphatic heterocycles. The molecule has 58 heavy (non-hydrogen) atoms. The first-order chi connectivity index (χ1) is 33.8. The average molecular weight is 768 g/mol. The minimum absolute atomic E-state index is 0.0338. The first-order valence-corrected chi connectivity index (χ1v) is 19.7. The Morgan fingerprint density at radius 3 is 1.62 bits per heavy atom. The van der Waals surface area contributed by atoms with Crippen LogP contribution >= 0.6 is 11.3 Å². The van der Waals surface area contributed by atoms with E-state index in [2.05, 4.69) is 0 Å². The highest BCUT2D eigenvalue weighted by molar-refractivity contribution is 7.26. The van der Waals surface area contributed by atoms with Gasteiger partial charge in [0.1, 0.15) is 0 Å². The maximum Gasteiger partial charge on any atom is 0.0651 e. The molecule has 0 radical (unpaired) electrons. The Hall–Kier alpha value is -7.26. The molecule has 0 saturated carbocycles. The molecule has 0 amide bonds. The third kappa shape index (κ3) is 6.03. The summed E-state index contributed by atoms with van der Waals surface area (Å²) < 4.78 is 117. The number of benzene rings is 10. The molecule has 0 aliphatic rings. The molecule has 2 heteroatoms. The fourth-order valence-electron chi connectivity index (χ4n) is 7.74. The van der Waals surface area contributed by atoms with Crippen LogP contribution in [0.15, 0.2) is 224 Å². The molecule has 0 N–H and O–H groups in total. The van der Waals surface area contributed by atoms with Crippen LogP contribution in [-0.2, 0) is 0 Å². The largest absolute Gasteiger partial charge is 0.310 e. The van der Waals surface area contributed by atoms with Crippen molar-refractivity contribution in [2.75, 3.05) is 4.90 Å². The van der Waals surface area contributed by atoms with E-state index in [9.17, 15) is 16.4 Å². The lowest BCUT2D eigenvalue weighted by molar-refractivity contribution is 1.28. The third-order valence-corrected chi connectivity index (χ3v) is 11.7. The van der Waals surface area contributed by atoms with E-state index in [-0.39, 0.29) is 16.7 Å². The number of nitrogens with zero attached hydrogens (tertiary/aromatic N) is 1. The van der Waals surface area contributed by atoms with E-state index in [4.69, 9.17) is 0 Å². The zero-order valence-corrected chi connectivity index (χ0v) is 31.6. The van der Waals surface area contributed by atoms with E-state index in [1.54, 1.807) is 48.5 Å². The van der Waals surface area contributed by atoms with Crippen molar-refractivity contribution in [1.29, 1.82) is 0 Å². The first-order valence-electron chi connectivity index (χ1n) is 24.9. The van der Waals surface area contributed by atoms with E-state index in [0.29, 0.717) is 26.8 Å². The quantitative estimate of drug-likeness (QED) is 0.156. The molecule has 1 aromatic heterocycles. The predicted octanol–water partition coefficient (Wildman–Crippen LogP) is 16.5. The topological polar surface area (TPSA) is 3.24 Å². The van der Waals surface area contributed by atoms with Crippen molar-refractivity contribution in [2.24, 2.45) is 0 Å². The summed E-state index contributed by atoms with van der Waals surface area (Å²) in [6, 6.07) is 39.8. The maximum atomic E-state index is 10.0. The SMILES string of the molecule is [2H]c1c([2H])c(-c2cccc3c2sc2ccccc23)c([2H])c(N(c2c([2H])c([2H])c(-c3cccc(-c4cccc5ccccc45)c3)c([2H])c2[2H])c2c([2H])c([2H])c(-c3cccc4ccccc34)c([2H])c2[2H])c1[2H]. The summed E-state index contributed by atoms with van der Waals surface area (Å²) in [7, 11) is 0. The molecular weight excluding hydrogens is 719 g/mol. The fourth-order valence-corrected chi connectivity index (χ4v) is 8.96. The highest BCUT2D eigenvalue weighted by Gasteiger charge is 2.17. The Morgan fingerprint density at radius 2 is 0.897 bits per heavy atom. The van der Waals surface area contributed by atoms with Crippen molar-refractivity contribution in [3.63, 3.8) is 0 Å². The van der Waals surface area contributed by atoms with Gasteiger partial charge in [-0.1, -0.05) is 176 Å². The van der Waals surface area contributed by atoms with Gasteiger partial charge in [-0.2, -0.15) is 0 Å². The van der Waals surface area contributed by atoms with E-state index in [1.807, 2.05) is 103 Å². The molecule has 1 heterocycles. The molecule has 0 bridgehead atoms. The van der Waals surface area contributed by atoms with Gasteiger partial charge in [0, 0.05) is 37.2 Å². The third-order valence-electron chi connectivity index (χ3n) is 10.5. The van der Waals surface area contributed by atoms with Crippen molar-refractivity contribution in [3.8, 4) is 44.5 Å². The summed E-state index contributed by atoms with van der Waals surface area (Å²) in [5.74, 6) is 0. The lowest BCUT2D eigenvalue weighted by atomic mass is 9.95. The Labute approximate surface area is 359 Å². The van der Waals surface area contributed by atoms with Gasteiger partial charge in [0.25, 0.3) is 0 Å². The Bertz CT molecular complexity index is 3950. The Kier molecular flexibility index (Phi) is 5.87. The predicted molar refractivity (Wildman–Crippen MR) is 251 cm³/mol. The average Bonchev–Trinajstić information content (AvgIpc) is 3.76. The van der Waals surface area contributed by atoms with Crippen LogP contribution in [0.5, 0.6) is 0 Å². The van der Waals surface area contributed by atoms with Crippen molar-refractivity contribution < 1.29 is 16.4 Å². The van der Waals surface area contributed by atoms with Gasteiger partial charge in [-0.05, 0) is 114 Å². The number of fused-ring (bicyclic) bond motifs is 5. The molecular formula is C56H37NS. The van der Waals surface area contributed by atoms with Gasteiger partial charge in [0.15, 0.2) is 0 Å². The van der Waals surface area contributed by atoms with Crippen LogP contribution in [0.3, 0.4) is 0 Å². The molecule has 0 unspecified atom stereocenters. The van der Waals surface area contributed by atoms with Crippen LogP contribution in [0.25, 0.3) is 86.2 Å². The van der Waals surface area contributed by atoms with Crippen molar-refractivity contribution >= 4 is 70.1 Å². The number of rotatable bonds is 7. The van der Waals surface area contributed by atoms with Crippen molar-refractivity contribution in [2.45, 2.75) is 0 Å². The fraction of sp³-hybridized carbons (Fsp3) is 0. The Balaban J connectivity index is 1.20. The number of thiophene rings is 1. The van der Waals surface area contributed by atoms with Gasteiger partial charge in [-0.3, -0.25) is 0 Å². The molecule has 272 valence electrons. The van der Waals surface area contributed by atoms with Crippen LogP contribution in [0, 0.1) is 0 Å². The van der Waals surface area contributed by atoms with E-state index >= 15 is 0 Å². The van der Waals surface area contributed by atoms with E-state index in [1.165, 1.54) is 11.3 Å². The molecule has 11 aromatic rings. The van der Waals surface area contributed by atoms with Crippen LogP contribution in [0.1, 0.15) is 16.4 Å². The van der Waals surface area contributed by atoms with Crippen LogP contribution in [0.2, 0.25) is 0 Å². The summed E-state index contributed by atoms with van der Waals surface area (Å²) in [4.78, 5) is 0.918. The standard InChI is InChI=1S/C56H37NS/c1-3-20-48-39(12-1)14-9-23-50(48)41-30-34-46(35-31-41)57(47-19-8-18-44(37-47)52-25-11-26-54-53-22-5-6-27-55(53)58-56(52)54)45-32-28-38(29-33-45)42-16-7-17-43(36-42)51-24-10-15-40-13-2-4-21-49(40)51/h1-37H/i8D,18D,19D,28D,29D,30D,31D,32D,33D,34D,35D,37D. The lowest BCUT2D eigenvalue weighted by Gasteiger charge is -2.26. The van der Waals surface area contributed by atoms with Gasteiger partial charge in [-0.25, -0.2) is 0 Å². The van der Waals surface area contributed by atoms with Crippen molar-refractivity contribution in [3.05, 3.63) is 224 Å². The maximum absolute atomic E-state index is 10.0. The summed E-state index contributed by atoms with van der Waals surface area (Å²) in [6.07, 6.45) is 0. The molecule has 0 saturated heterocycles. The molecule has 10 aromatic carbocycles. The second-order valence-corrected chi connectivity index (χ2v) is 15.0. The number of hydrogen-bond donors (Lipinski definition) is 0. The number of anilines is 3. The molecule has 1 nitrogen and oxygen atoms in total. The minimum Gasteiger partial charge on any atom is -0.310 e. The molecule has 0 spiro atoms. The zero-order valence-electron chi connectivity index (χ0n) is 42.8. The van der Waals surface area contributed by atoms with Gasteiger partial charge in [0.2, 0.25) is 0 Å². The van der Waals surface area contributed by atoms with Gasteiger partial charge < -0.3 is 4.90 Å². The minimum atomic E-state index is -0.721. The van der Waals surface area contributed by atoms with Gasteiger partial charge >= 0.3 is 0 Å². The number of hydrogen-bond acceptors (Lipinski definition) is 2. The molecule has 0 atom stereocenters. The van der Waals surface area contributed by atoms with Gasteiger partial charge in [0.05, 0.1) is 16.4 Å². The second kappa shape index (κ2) is 14.4. The van der Waals surface area contributed by atoms with E-state index < -0.39 is 89.6 Å². The highest BCUT2D eigenvalue weighted by atomic mass is 32.1. The summed E-state index contributed by atoms with van der Waals surface area (Å²) in [5, 5.41) is 5.23. The second-order valence-electron chi connectivity index (χ2n) is 13.9. The first kappa shape index (κ1) is 23.7. The smallest absolute Gasteiger partial charge is 0.0651 e. The highest BCUT2D eigenvalue weighted by Crippen LogP contribution is 2.43. The van der Waals surface area contributed by atoms with Crippen LogP contribution < -0.4 is 4.90 Å². The lowest BCUT2D eigenvalue weighted by Crippen LogP contribution is -2.10.